The number of ether oxygens (including phenoxy) is 2. The summed E-state index contributed by atoms with van der Waals surface area (Å²) in [5, 5.41) is 0. The lowest BCUT2D eigenvalue weighted by Crippen LogP contribution is -2.29. The van der Waals surface area contributed by atoms with Crippen molar-refractivity contribution in [2.24, 2.45) is 0 Å². The molecule has 0 aliphatic rings. The smallest absolute Gasteiger partial charge is 0.462 e. The van der Waals surface area contributed by atoms with Crippen LogP contribution in [-0.2, 0) is 28.2 Å². The molecule has 0 aromatic rings. The maximum Gasteiger partial charge on any atom is 0.469 e. The lowest BCUT2D eigenvalue weighted by atomic mass is 10.1. The van der Waals surface area contributed by atoms with Crippen molar-refractivity contribution in [1.29, 1.82) is 0 Å². The summed E-state index contributed by atoms with van der Waals surface area (Å²) in [5.74, 6) is -0.909. The fraction of sp³-hybridized carbons (Fsp3) is 0.840. The van der Waals surface area contributed by atoms with Crippen LogP contribution in [0.4, 0.5) is 0 Å². The predicted molar refractivity (Wildman–Crippen MR) is 133 cm³/mol. The van der Waals surface area contributed by atoms with E-state index in [0.717, 1.165) is 64.2 Å². The first-order valence-electron chi connectivity index (χ1n) is 13.0. The monoisotopic (exact) mass is 506 g/mol. The van der Waals surface area contributed by atoms with Crippen molar-refractivity contribution >= 4 is 19.8 Å². The van der Waals surface area contributed by atoms with Crippen LogP contribution in [0.2, 0.25) is 0 Å². The SMILES string of the molecule is CC/C=C/CCCCCCCC(=O)O[C@H](COC(=O)CCCCCCCCC)COP(=O)(O)O. The fourth-order valence-electron chi connectivity index (χ4n) is 3.37. The van der Waals surface area contributed by atoms with Gasteiger partial charge in [-0.3, -0.25) is 14.1 Å². The molecule has 0 aliphatic carbocycles. The summed E-state index contributed by atoms with van der Waals surface area (Å²) in [4.78, 5) is 41.9. The molecule has 0 aromatic carbocycles. The number of carbonyl (C=O) groups is 2. The quantitative estimate of drug-likeness (QED) is 0.0708. The fourth-order valence-corrected chi connectivity index (χ4v) is 3.73. The molecule has 0 heterocycles. The number of hydrogen-bond acceptors (Lipinski definition) is 6. The summed E-state index contributed by atoms with van der Waals surface area (Å²) in [6.07, 6.45) is 18.3. The van der Waals surface area contributed by atoms with Gasteiger partial charge in [0.2, 0.25) is 0 Å². The molecule has 0 unspecified atom stereocenters. The molecule has 200 valence electrons. The van der Waals surface area contributed by atoms with Crippen LogP contribution >= 0.6 is 7.82 Å². The van der Waals surface area contributed by atoms with Gasteiger partial charge in [0.15, 0.2) is 6.10 Å². The summed E-state index contributed by atoms with van der Waals surface area (Å²) < 4.78 is 25.9. The third-order valence-electron chi connectivity index (χ3n) is 5.30. The predicted octanol–water partition coefficient (Wildman–Crippen LogP) is 6.39. The van der Waals surface area contributed by atoms with E-state index in [1.165, 1.54) is 19.3 Å². The summed E-state index contributed by atoms with van der Waals surface area (Å²) in [7, 11) is -4.72. The van der Waals surface area contributed by atoms with Gasteiger partial charge in [-0.25, -0.2) is 4.57 Å². The highest BCUT2D eigenvalue weighted by molar-refractivity contribution is 7.46. The lowest BCUT2D eigenvalue weighted by Gasteiger charge is -2.18. The minimum absolute atomic E-state index is 0.203. The highest BCUT2D eigenvalue weighted by Crippen LogP contribution is 2.35. The van der Waals surface area contributed by atoms with Gasteiger partial charge in [0.25, 0.3) is 0 Å². The molecule has 9 heteroatoms. The van der Waals surface area contributed by atoms with Crippen LogP contribution < -0.4 is 0 Å². The van der Waals surface area contributed by atoms with Gasteiger partial charge in [-0.15, -0.1) is 0 Å². The van der Waals surface area contributed by atoms with Gasteiger partial charge >= 0.3 is 19.8 Å². The second-order valence-electron chi connectivity index (χ2n) is 8.64. The molecule has 0 rings (SSSR count). The standard InChI is InChI=1S/C25H47O8P/c1-3-5-7-9-11-12-14-16-18-20-25(27)33-23(22-32-34(28,29)30)21-31-24(26)19-17-15-13-10-8-6-4-2/h5,7,23H,3-4,6,8-22H2,1-2H3,(H2,28,29,30)/b7-5+/t23-/m1/s1. The van der Waals surface area contributed by atoms with Crippen LogP contribution in [-0.4, -0.2) is 41.0 Å². The third-order valence-corrected chi connectivity index (χ3v) is 5.78. The van der Waals surface area contributed by atoms with Crippen LogP contribution in [0.3, 0.4) is 0 Å². The zero-order valence-electron chi connectivity index (χ0n) is 21.3. The molecule has 8 nitrogen and oxygen atoms in total. The highest BCUT2D eigenvalue weighted by Gasteiger charge is 2.22. The van der Waals surface area contributed by atoms with Crippen molar-refractivity contribution in [3.63, 3.8) is 0 Å². The molecule has 0 aromatic heterocycles. The third kappa shape index (κ3) is 23.9. The number of phosphoric acid groups is 1. The zero-order chi connectivity index (χ0) is 25.5. The van der Waals surface area contributed by atoms with E-state index in [4.69, 9.17) is 19.3 Å². The van der Waals surface area contributed by atoms with E-state index in [1.807, 2.05) is 0 Å². The van der Waals surface area contributed by atoms with Crippen LogP contribution in [0.15, 0.2) is 12.2 Å². The molecule has 0 saturated carbocycles. The average molecular weight is 507 g/mol. The Kier molecular flexibility index (Phi) is 21.5. The van der Waals surface area contributed by atoms with Crippen LogP contribution in [0.1, 0.15) is 117 Å². The number of rotatable bonds is 23. The van der Waals surface area contributed by atoms with Crippen molar-refractivity contribution in [3.8, 4) is 0 Å². The van der Waals surface area contributed by atoms with E-state index in [0.29, 0.717) is 6.42 Å². The van der Waals surface area contributed by atoms with Gasteiger partial charge in [0, 0.05) is 12.8 Å². The van der Waals surface area contributed by atoms with Crippen molar-refractivity contribution in [3.05, 3.63) is 12.2 Å². The van der Waals surface area contributed by atoms with Crippen molar-refractivity contribution in [2.45, 2.75) is 123 Å². The molecule has 1 atom stereocenters. The number of carbonyl (C=O) groups excluding carboxylic acids is 2. The maximum absolute atomic E-state index is 12.1. The average Bonchev–Trinajstić information content (AvgIpc) is 2.78. The second-order valence-corrected chi connectivity index (χ2v) is 9.88. The van der Waals surface area contributed by atoms with E-state index in [1.54, 1.807) is 0 Å². The van der Waals surface area contributed by atoms with Crippen molar-refractivity contribution < 1.29 is 37.9 Å². The first-order valence-corrected chi connectivity index (χ1v) is 14.5. The first-order chi connectivity index (χ1) is 16.3. The lowest BCUT2D eigenvalue weighted by molar-refractivity contribution is -0.161. The Balaban J connectivity index is 4.16. The normalized spacial score (nSPS) is 12.7. The molecular formula is C25H47O8P. The Morgan fingerprint density at radius 1 is 0.765 bits per heavy atom. The van der Waals surface area contributed by atoms with Gasteiger partial charge in [0.05, 0.1) is 6.61 Å². The molecule has 0 aliphatic heterocycles. The number of esters is 2. The van der Waals surface area contributed by atoms with Crippen molar-refractivity contribution in [2.75, 3.05) is 13.2 Å². The Hall–Kier alpha value is -1.21. The molecule has 34 heavy (non-hydrogen) atoms. The molecule has 0 radical (unpaired) electrons. The number of unbranched alkanes of at least 4 members (excludes halogenated alkanes) is 11. The minimum atomic E-state index is -4.72. The Morgan fingerprint density at radius 2 is 1.32 bits per heavy atom. The van der Waals surface area contributed by atoms with E-state index >= 15 is 0 Å². The maximum atomic E-state index is 12.1. The second kappa shape index (κ2) is 22.3. The molecule has 0 saturated heterocycles. The summed E-state index contributed by atoms with van der Waals surface area (Å²) in [6, 6.07) is 0. The van der Waals surface area contributed by atoms with Gasteiger partial charge in [-0.1, -0.05) is 83.8 Å². The van der Waals surface area contributed by atoms with Crippen LogP contribution in [0.5, 0.6) is 0 Å². The number of phosphoric ester groups is 1. The van der Waals surface area contributed by atoms with E-state index in [-0.39, 0.29) is 19.4 Å². The number of hydrogen-bond donors (Lipinski definition) is 2. The first kappa shape index (κ1) is 32.8. The Bertz CT molecular complexity index is 587. The highest BCUT2D eigenvalue weighted by atomic mass is 31.2. The molecular weight excluding hydrogens is 459 g/mol. The summed E-state index contributed by atoms with van der Waals surface area (Å²) in [5.41, 5.74) is 0. The Morgan fingerprint density at radius 3 is 1.91 bits per heavy atom. The van der Waals surface area contributed by atoms with E-state index in [2.05, 4.69) is 30.5 Å². The molecule has 0 fully saturated rings. The van der Waals surface area contributed by atoms with Gasteiger partial charge in [-0.05, 0) is 32.1 Å². The van der Waals surface area contributed by atoms with Crippen LogP contribution in [0, 0.1) is 0 Å². The molecule has 2 N–H and O–H groups in total. The summed E-state index contributed by atoms with van der Waals surface area (Å²) in [6.45, 7) is 3.46. The van der Waals surface area contributed by atoms with Gasteiger partial charge < -0.3 is 19.3 Å². The van der Waals surface area contributed by atoms with Gasteiger partial charge in [0.1, 0.15) is 6.61 Å². The van der Waals surface area contributed by atoms with Crippen molar-refractivity contribution in [1.82, 2.24) is 0 Å². The van der Waals surface area contributed by atoms with Gasteiger partial charge in [-0.2, -0.15) is 0 Å². The van der Waals surface area contributed by atoms with E-state index < -0.39 is 32.5 Å². The number of allylic oxidation sites excluding steroid dienone is 2. The molecule has 0 bridgehead atoms. The summed E-state index contributed by atoms with van der Waals surface area (Å²) >= 11 is 0. The minimum Gasteiger partial charge on any atom is -0.462 e. The Labute approximate surface area is 206 Å². The van der Waals surface area contributed by atoms with Crippen LogP contribution in [0.25, 0.3) is 0 Å². The van der Waals surface area contributed by atoms with E-state index in [9.17, 15) is 14.2 Å². The topological polar surface area (TPSA) is 119 Å². The largest absolute Gasteiger partial charge is 0.469 e. The molecule has 0 spiro atoms. The molecule has 0 amide bonds. The zero-order valence-corrected chi connectivity index (χ0v) is 22.1.